The molecule has 2 N–H and O–H groups in total. The number of hydrogen-bond donors (Lipinski definition) is 1. The molecular weight excluding hydrogens is 202 g/mol. The summed E-state index contributed by atoms with van der Waals surface area (Å²) in [5.41, 5.74) is 7.11. The Morgan fingerprint density at radius 3 is 3.12 bits per heavy atom. The van der Waals surface area contributed by atoms with Crippen molar-refractivity contribution in [2.24, 2.45) is 5.73 Å². The van der Waals surface area contributed by atoms with Crippen molar-refractivity contribution in [3.8, 4) is 6.07 Å². The van der Waals surface area contributed by atoms with Crippen LogP contribution in [0.4, 0.5) is 0 Å². The second-order valence-electron chi connectivity index (χ2n) is 4.13. The lowest BCUT2D eigenvalue weighted by Gasteiger charge is -2.11. The van der Waals surface area contributed by atoms with Gasteiger partial charge in [0.05, 0.1) is 12.7 Å². The van der Waals surface area contributed by atoms with E-state index >= 15 is 0 Å². The maximum absolute atomic E-state index is 8.86. The number of aromatic nitrogens is 1. The van der Waals surface area contributed by atoms with Gasteiger partial charge < -0.3 is 10.5 Å². The maximum Gasteiger partial charge on any atom is 0.145 e. The van der Waals surface area contributed by atoms with E-state index in [0.717, 1.165) is 24.8 Å². The highest BCUT2D eigenvalue weighted by molar-refractivity contribution is 5.29. The number of nitrogens with zero attached hydrogens (tertiary/aromatic N) is 2. The molecule has 0 bridgehead atoms. The Balaban J connectivity index is 1.92. The SMILES string of the molecule is N#Cc1ncccc1COC1CCC(N)C1. The lowest BCUT2D eigenvalue weighted by molar-refractivity contribution is 0.0446. The highest BCUT2D eigenvalue weighted by Crippen LogP contribution is 2.21. The van der Waals surface area contributed by atoms with Gasteiger partial charge in [-0.05, 0) is 25.3 Å². The largest absolute Gasteiger partial charge is 0.373 e. The summed E-state index contributed by atoms with van der Waals surface area (Å²) in [6.07, 6.45) is 4.82. The smallest absolute Gasteiger partial charge is 0.145 e. The second-order valence-corrected chi connectivity index (χ2v) is 4.13. The van der Waals surface area contributed by atoms with Crippen molar-refractivity contribution in [3.63, 3.8) is 0 Å². The fourth-order valence-corrected chi connectivity index (χ4v) is 1.99. The third-order valence-electron chi connectivity index (χ3n) is 2.90. The van der Waals surface area contributed by atoms with Crippen LogP contribution in [0, 0.1) is 11.3 Å². The van der Waals surface area contributed by atoms with E-state index in [1.165, 1.54) is 0 Å². The monoisotopic (exact) mass is 217 g/mol. The van der Waals surface area contributed by atoms with Gasteiger partial charge in [0.15, 0.2) is 0 Å². The van der Waals surface area contributed by atoms with Crippen LogP contribution in [0.5, 0.6) is 0 Å². The molecule has 0 aliphatic heterocycles. The van der Waals surface area contributed by atoms with Crippen molar-refractivity contribution in [1.29, 1.82) is 5.26 Å². The average molecular weight is 217 g/mol. The zero-order chi connectivity index (χ0) is 11.4. The Morgan fingerprint density at radius 2 is 2.44 bits per heavy atom. The molecule has 1 aliphatic rings. The minimum Gasteiger partial charge on any atom is -0.373 e. The second kappa shape index (κ2) is 5.06. The minimum atomic E-state index is 0.238. The van der Waals surface area contributed by atoms with Gasteiger partial charge in [-0.3, -0.25) is 0 Å². The van der Waals surface area contributed by atoms with Crippen LogP contribution >= 0.6 is 0 Å². The van der Waals surface area contributed by atoms with Gasteiger partial charge in [-0.15, -0.1) is 0 Å². The van der Waals surface area contributed by atoms with Crippen LogP contribution in [0.3, 0.4) is 0 Å². The highest BCUT2D eigenvalue weighted by Gasteiger charge is 2.22. The van der Waals surface area contributed by atoms with Crippen LogP contribution in [0.15, 0.2) is 18.3 Å². The summed E-state index contributed by atoms with van der Waals surface area (Å²) >= 11 is 0. The van der Waals surface area contributed by atoms with Crippen LogP contribution in [0.2, 0.25) is 0 Å². The quantitative estimate of drug-likeness (QED) is 0.829. The van der Waals surface area contributed by atoms with Gasteiger partial charge >= 0.3 is 0 Å². The zero-order valence-electron chi connectivity index (χ0n) is 9.10. The Bertz CT molecular complexity index is 399. The molecule has 0 amide bonds. The third kappa shape index (κ3) is 2.57. The molecule has 2 atom stereocenters. The number of hydrogen-bond acceptors (Lipinski definition) is 4. The van der Waals surface area contributed by atoms with Gasteiger partial charge in [-0.2, -0.15) is 5.26 Å². The topological polar surface area (TPSA) is 71.9 Å². The lowest BCUT2D eigenvalue weighted by Crippen LogP contribution is -2.17. The zero-order valence-corrected chi connectivity index (χ0v) is 9.10. The molecule has 0 radical (unpaired) electrons. The van der Waals surface area contributed by atoms with Crippen molar-refractivity contribution in [2.75, 3.05) is 0 Å². The van der Waals surface area contributed by atoms with Gasteiger partial charge in [0.2, 0.25) is 0 Å². The van der Waals surface area contributed by atoms with E-state index < -0.39 is 0 Å². The van der Waals surface area contributed by atoms with E-state index in [4.69, 9.17) is 15.7 Å². The predicted octanol–water partition coefficient (Wildman–Crippen LogP) is 1.35. The standard InChI is InChI=1S/C12H15N3O/c13-7-12-9(2-1-5-15-12)8-16-11-4-3-10(14)6-11/h1-2,5,10-11H,3-4,6,8,14H2. The minimum absolute atomic E-state index is 0.238. The van der Waals surface area contributed by atoms with Gasteiger partial charge in [-0.25, -0.2) is 4.98 Å². The van der Waals surface area contributed by atoms with Crippen LogP contribution < -0.4 is 5.73 Å². The van der Waals surface area contributed by atoms with E-state index in [1.54, 1.807) is 6.20 Å². The maximum atomic E-state index is 8.86. The van der Waals surface area contributed by atoms with Gasteiger partial charge in [0.1, 0.15) is 11.8 Å². The molecule has 2 rings (SSSR count). The van der Waals surface area contributed by atoms with E-state index in [-0.39, 0.29) is 12.1 Å². The summed E-state index contributed by atoms with van der Waals surface area (Å²) in [5, 5.41) is 8.86. The lowest BCUT2D eigenvalue weighted by atomic mass is 10.2. The Labute approximate surface area is 95.0 Å². The van der Waals surface area contributed by atoms with Crippen molar-refractivity contribution in [3.05, 3.63) is 29.6 Å². The molecule has 1 heterocycles. The van der Waals surface area contributed by atoms with Crippen molar-refractivity contribution >= 4 is 0 Å². The van der Waals surface area contributed by atoms with E-state index in [0.29, 0.717) is 12.3 Å². The molecular formula is C12H15N3O. The first kappa shape index (κ1) is 11.1. The van der Waals surface area contributed by atoms with Crippen LogP contribution in [0.25, 0.3) is 0 Å². The Kier molecular flexibility index (Phi) is 3.50. The Morgan fingerprint density at radius 1 is 1.56 bits per heavy atom. The van der Waals surface area contributed by atoms with Crippen LogP contribution in [0.1, 0.15) is 30.5 Å². The summed E-state index contributed by atoms with van der Waals surface area (Å²) in [5.74, 6) is 0. The molecule has 4 heteroatoms. The fraction of sp³-hybridized carbons (Fsp3) is 0.500. The molecule has 1 aromatic rings. The molecule has 16 heavy (non-hydrogen) atoms. The summed E-state index contributed by atoms with van der Waals surface area (Å²) in [6.45, 7) is 0.452. The molecule has 0 saturated heterocycles. The number of nitriles is 1. The third-order valence-corrected chi connectivity index (χ3v) is 2.90. The molecule has 0 spiro atoms. The van der Waals surface area contributed by atoms with E-state index in [2.05, 4.69) is 11.1 Å². The number of pyridine rings is 1. The molecule has 1 saturated carbocycles. The molecule has 4 nitrogen and oxygen atoms in total. The van der Waals surface area contributed by atoms with Crippen molar-refractivity contribution < 1.29 is 4.74 Å². The van der Waals surface area contributed by atoms with E-state index in [1.807, 2.05) is 12.1 Å². The molecule has 1 aliphatic carbocycles. The number of ether oxygens (including phenoxy) is 1. The molecule has 0 aromatic carbocycles. The number of nitrogens with two attached hydrogens (primary N) is 1. The summed E-state index contributed by atoms with van der Waals surface area (Å²) in [4.78, 5) is 3.99. The first-order valence-corrected chi connectivity index (χ1v) is 5.51. The first-order chi connectivity index (χ1) is 7.79. The van der Waals surface area contributed by atoms with Crippen LogP contribution in [-0.2, 0) is 11.3 Å². The molecule has 84 valence electrons. The normalized spacial score (nSPS) is 24.2. The molecule has 1 aromatic heterocycles. The number of rotatable bonds is 3. The predicted molar refractivity (Wildman–Crippen MR) is 59.4 cm³/mol. The summed E-state index contributed by atoms with van der Waals surface area (Å²) in [6, 6.07) is 6.03. The molecule has 2 unspecified atom stereocenters. The van der Waals surface area contributed by atoms with E-state index in [9.17, 15) is 0 Å². The highest BCUT2D eigenvalue weighted by atomic mass is 16.5. The van der Waals surface area contributed by atoms with Crippen LogP contribution in [-0.4, -0.2) is 17.1 Å². The van der Waals surface area contributed by atoms with Gasteiger partial charge in [0.25, 0.3) is 0 Å². The summed E-state index contributed by atoms with van der Waals surface area (Å²) < 4.78 is 5.73. The van der Waals surface area contributed by atoms with Crippen molar-refractivity contribution in [1.82, 2.24) is 4.98 Å². The fourth-order valence-electron chi connectivity index (χ4n) is 1.99. The van der Waals surface area contributed by atoms with Gasteiger partial charge in [-0.1, -0.05) is 6.07 Å². The molecule has 1 fully saturated rings. The summed E-state index contributed by atoms with van der Waals surface area (Å²) in [7, 11) is 0. The Hall–Kier alpha value is -1.44. The first-order valence-electron chi connectivity index (χ1n) is 5.51. The van der Waals surface area contributed by atoms with Gasteiger partial charge in [0, 0.05) is 17.8 Å². The average Bonchev–Trinajstić information content (AvgIpc) is 2.73. The van der Waals surface area contributed by atoms with Crippen molar-refractivity contribution in [2.45, 2.75) is 38.0 Å².